The molecule has 0 amide bonds. The third kappa shape index (κ3) is 1.76. The average molecular weight is 240 g/mol. The van der Waals surface area contributed by atoms with E-state index in [-0.39, 0.29) is 11.7 Å². The lowest BCUT2D eigenvalue weighted by molar-refractivity contribution is 0.0841. The topological polar surface area (TPSA) is 34.9 Å². The molecule has 0 N–H and O–H groups in total. The summed E-state index contributed by atoms with van der Waals surface area (Å²) < 4.78 is 1.91. The molecule has 0 saturated heterocycles. The van der Waals surface area contributed by atoms with Crippen molar-refractivity contribution in [1.29, 1.82) is 0 Å². The van der Waals surface area contributed by atoms with Crippen molar-refractivity contribution in [3.8, 4) is 11.3 Å². The smallest absolute Gasteiger partial charge is 0.201 e. The predicted octanol–water partition coefficient (Wildman–Crippen LogP) is 3.07. The van der Waals surface area contributed by atoms with Crippen LogP contribution in [-0.2, 0) is 7.05 Å². The van der Waals surface area contributed by atoms with Crippen LogP contribution in [0.1, 0.15) is 29.9 Å². The third-order valence-electron chi connectivity index (χ3n) is 3.75. The van der Waals surface area contributed by atoms with Crippen molar-refractivity contribution in [3.05, 3.63) is 42.4 Å². The highest BCUT2D eigenvalue weighted by Gasteiger charge is 2.29. The second kappa shape index (κ2) is 4.41. The molecule has 0 unspecified atom stereocenters. The Morgan fingerprint density at radius 2 is 2.00 bits per heavy atom. The van der Waals surface area contributed by atoms with E-state index in [0.29, 0.717) is 5.82 Å². The van der Waals surface area contributed by atoms with Crippen molar-refractivity contribution < 1.29 is 4.79 Å². The summed E-state index contributed by atoms with van der Waals surface area (Å²) in [7, 11) is 1.92. The van der Waals surface area contributed by atoms with E-state index in [1.807, 2.05) is 41.9 Å². The number of rotatable bonds is 3. The van der Waals surface area contributed by atoms with Gasteiger partial charge < -0.3 is 4.57 Å². The highest BCUT2D eigenvalue weighted by molar-refractivity contribution is 5.96. The van der Waals surface area contributed by atoms with E-state index in [1.165, 1.54) is 6.42 Å². The largest absolute Gasteiger partial charge is 0.325 e. The van der Waals surface area contributed by atoms with E-state index in [1.54, 1.807) is 6.20 Å². The molecule has 0 bridgehead atoms. The predicted molar refractivity (Wildman–Crippen MR) is 70.3 cm³/mol. The van der Waals surface area contributed by atoms with Gasteiger partial charge in [0.25, 0.3) is 0 Å². The number of benzene rings is 1. The normalized spacial score (nSPS) is 15.4. The molecule has 1 saturated carbocycles. The molecule has 0 radical (unpaired) electrons. The van der Waals surface area contributed by atoms with Gasteiger partial charge in [-0.15, -0.1) is 0 Å². The van der Waals surface area contributed by atoms with Gasteiger partial charge >= 0.3 is 0 Å². The molecule has 2 aromatic rings. The summed E-state index contributed by atoms with van der Waals surface area (Å²) in [6.45, 7) is 0. The van der Waals surface area contributed by atoms with Gasteiger partial charge in [0.2, 0.25) is 5.78 Å². The number of Topliss-reactive ketones (excluding diaryl/α,β-unsaturated/α-hetero) is 1. The number of hydrogen-bond acceptors (Lipinski definition) is 2. The summed E-state index contributed by atoms with van der Waals surface area (Å²) in [5, 5.41) is 0. The van der Waals surface area contributed by atoms with Crippen LogP contribution in [0.15, 0.2) is 36.5 Å². The van der Waals surface area contributed by atoms with Crippen molar-refractivity contribution >= 4 is 5.78 Å². The molecule has 0 aliphatic heterocycles. The van der Waals surface area contributed by atoms with Crippen LogP contribution in [0.25, 0.3) is 11.3 Å². The van der Waals surface area contributed by atoms with Crippen LogP contribution in [0.2, 0.25) is 0 Å². The standard InChI is InChI=1S/C15H16N2O/c1-17-13(11-6-3-2-4-7-11)10-16-15(17)14(18)12-8-5-9-12/h2-4,6-7,10,12H,5,8-9H2,1H3. The molecule has 92 valence electrons. The first-order chi connectivity index (χ1) is 8.77. The van der Waals surface area contributed by atoms with Gasteiger partial charge in [-0.1, -0.05) is 36.8 Å². The van der Waals surface area contributed by atoms with Gasteiger partial charge in [-0.05, 0) is 18.4 Å². The summed E-state index contributed by atoms with van der Waals surface area (Å²) in [6, 6.07) is 10.1. The van der Waals surface area contributed by atoms with Crippen molar-refractivity contribution in [2.24, 2.45) is 13.0 Å². The summed E-state index contributed by atoms with van der Waals surface area (Å²) in [4.78, 5) is 16.5. The molecule has 1 fully saturated rings. The first-order valence-corrected chi connectivity index (χ1v) is 6.38. The molecular weight excluding hydrogens is 224 g/mol. The number of carbonyl (C=O) groups is 1. The molecule has 1 aromatic heterocycles. The first kappa shape index (κ1) is 11.2. The molecule has 3 rings (SSSR count). The Kier molecular flexibility index (Phi) is 2.74. The molecule has 1 aliphatic rings. The first-order valence-electron chi connectivity index (χ1n) is 6.38. The fraction of sp³-hybridized carbons (Fsp3) is 0.333. The number of nitrogens with zero attached hydrogens (tertiary/aromatic N) is 2. The Hall–Kier alpha value is -1.90. The van der Waals surface area contributed by atoms with E-state index in [4.69, 9.17) is 0 Å². The second-order valence-corrected chi connectivity index (χ2v) is 4.88. The lowest BCUT2D eigenvalue weighted by Gasteiger charge is -2.23. The number of carbonyl (C=O) groups excluding carboxylic acids is 1. The summed E-state index contributed by atoms with van der Waals surface area (Å²) in [5.74, 6) is 0.999. The van der Waals surface area contributed by atoms with E-state index in [2.05, 4.69) is 4.98 Å². The van der Waals surface area contributed by atoms with Gasteiger partial charge in [0.05, 0.1) is 11.9 Å². The lowest BCUT2D eigenvalue weighted by atomic mass is 9.82. The minimum absolute atomic E-state index is 0.200. The SMILES string of the molecule is Cn1c(-c2ccccc2)cnc1C(=O)C1CCC1. The molecule has 1 aromatic carbocycles. The van der Waals surface area contributed by atoms with Gasteiger partial charge in [-0.25, -0.2) is 4.98 Å². The van der Waals surface area contributed by atoms with Gasteiger partial charge in [-0.2, -0.15) is 0 Å². The zero-order valence-electron chi connectivity index (χ0n) is 10.5. The maximum atomic E-state index is 12.2. The highest BCUT2D eigenvalue weighted by Crippen LogP contribution is 2.30. The molecule has 3 nitrogen and oxygen atoms in total. The van der Waals surface area contributed by atoms with Gasteiger partial charge in [0.1, 0.15) is 0 Å². The van der Waals surface area contributed by atoms with Crippen molar-refractivity contribution in [2.45, 2.75) is 19.3 Å². The Labute approximate surface area is 106 Å². The van der Waals surface area contributed by atoms with Crippen molar-refractivity contribution in [3.63, 3.8) is 0 Å². The third-order valence-corrected chi connectivity index (χ3v) is 3.75. The Balaban J connectivity index is 1.95. The Morgan fingerprint density at radius 3 is 2.61 bits per heavy atom. The van der Waals surface area contributed by atoms with Crippen LogP contribution >= 0.6 is 0 Å². The summed E-state index contributed by atoms with van der Waals surface area (Å²) in [6.07, 6.45) is 5.01. The van der Waals surface area contributed by atoms with Crippen LogP contribution < -0.4 is 0 Å². The molecule has 3 heteroatoms. The minimum atomic E-state index is 0.200. The second-order valence-electron chi connectivity index (χ2n) is 4.88. The van der Waals surface area contributed by atoms with Gasteiger partial charge in [-0.3, -0.25) is 4.79 Å². The van der Waals surface area contributed by atoms with Crippen LogP contribution in [-0.4, -0.2) is 15.3 Å². The number of ketones is 1. The van der Waals surface area contributed by atoms with Crippen molar-refractivity contribution in [2.75, 3.05) is 0 Å². The van der Waals surface area contributed by atoms with Crippen LogP contribution in [0.4, 0.5) is 0 Å². The minimum Gasteiger partial charge on any atom is -0.325 e. The highest BCUT2D eigenvalue weighted by atomic mass is 16.1. The maximum Gasteiger partial charge on any atom is 0.201 e. The molecule has 1 aliphatic carbocycles. The van der Waals surface area contributed by atoms with E-state index in [9.17, 15) is 4.79 Å². The van der Waals surface area contributed by atoms with E-state index < -0.39 is 0 Å². The Bertz CT molecular complexity index is 567. The number of hydrogen-bond donors (Lipinski definition) is 0. The zero-order valence-corrected chi connectivity index (χ0v) is 10.5. The van der Waals surface area contributed by atoms with E-state index in [0.717, 1.165) is 24.1 Å². The van der Waals surface area contributed by atoms with Gasteiger partial charge in [0, 0.05) is 13.0 Å². The fourth-order valence-electron chi connectivity index (χ4n) is 2.37. The maximum absolute atomic E-state index is 12.2. The monoisotopic (exact) mass is 240 g/mol. The van der Waals surface area contributed by atoms with E-state index >= 15 is 0 Å². The summed E-state index contributed by atoms with van der Waals surface area (Å²) in [5.41, 5.74) is 2.10. The van der Waals surface area contributed by atoms with Crippen LogP contribution in [0.3, 0.4) is 0 Å². The molecule has 1 heterocycles. The molecule has 18 heavy (non-hydrogen) atoms. The van der Waals surface area contributed by atoms with Crippen molar-refractivity contribution in [1.82, 2.24) is 9.55 Å². The zero-order chi connectivity index (χ0) is 12.5. The molecular formula is C15H16N2O. The number of imidazole rings is 1. The fourth-order valence-corrected chi connectivity index (χ4v) is 2.37. The lowest BCUT2D eigenvalue weighted by Crippen LogP contribution is -2.24. The molecule has 0 spiro atoms. The average Bonchev–Trinajstić information content (AvgIpc) is 2.70. The van der Waals surface area contributed by atoms with Crippen LogP contribution in [0.5, 0.6) is 0 Å². The van der Waals surface area contributed by atoms with Crippen LogP contribution in [0, 0.1) is 5.92 Å². The summed E-state index contributed by atoms with van der Waals surface area (Å²) >= 11 is 0. The molecule has 0 atom stereocenters. The number of aromatic nitrogens is 2. The quantitative estimate of drug-likeness (QED) is 0.773. The van der Waals surface area contributed by atoms with Gasteiger partial charge in [0.15, 0.2) is 5.82 Å². The Morgan fingerprint density at radius 1 is 1.28 bits per heavy atom.